The lowest BCUT2D eigenvalue weighted by Crippen LogP contribution is -2.26. The predicted molar refractivity (Wildman–Crippen MR) is 122 cm³/mol. The first-order valence-corrected chi connectivity index (χ1v) is 11.1. The van der Waals surface area contributed by atoms with Crippen LogP contribution >= 0.6 is 8.16 Å². The smallest absolute Gasteiger partial charge is 0.345 e. The molecule has 0 radical (unpaired) electrons. The number of carbonyl (C=O) groups is 1. The fourth-order valence-electron chi connectivity index (χ4n) is 4.24. The second-order valence-corrected chi connectivity index (χ2v) is 8.89. The zero-order chi connectivity index (χ0) is 20.2. The van der Waals surface area contributed by atoms with E-state index in [-0.39, 0.29) is 6.03 Å². The van der Waals surface area contributed by atoms with Gasteiger partial charge in [0.15, 0.2) is 0 Å². The molecule has 0 saturated carbocycles. The van der Waals surface area contributed by atoms with Crippen LogP contribution in [0.4, 0.5) is 4.79 Å². The average Bonchev–Trinajstić information content (AvgIpc) is 3.01. The Hall–Kier alpha value is -3.43. The summed E-state index contributed by atoms with van der Waals surface area (Å²) in [6.07, 6.45) is 0. The van der Waals surface area contributed by atoms with Gasteiger partial charge in [-0.15, -0.1) is 0 Å². The number of nitrogens with zero attached hydrogens (tertiary/aromatic N) is 2. The Bertz CT molecular complexity index is 1410. The fraction of sp³-hybridized carbons (Fsp3) is 0.125. The molecule has 6 heteroatoms. The molecule has 30 heavy (non-hydrogen) atoms. The van der Waals surface area contributed by atoms with Crippen LogP contribution in [0.15, 0.2) is 81.2 Å². The standard InChI is InChI=1S/C24H19N2O3P/c1-25-14-15-26(24(25)27)30-28-20-12-10-16-6-2-4-8-18(16)22(20)23-19-9-5-3-7-17(19)11-13-21(23)29-30/h2-13H,14-15H2,1H3. The van der Waals surface area contributed by atoms with Crippen molar-refractivity contribution in [2.45, 2.75) is 0 Å². The minimum absolute atomic E-state index is 0.0623. The summed E-state index contributed by atoms with van der Waals surface area (Å²) < 4.78 is 14.5. The molecule has 0 bridgehead atoms. The summed E-state index contributed by atoms with van der Waals surface area (Å²) in [5.41, 5.74) is 1.49. The molecule has 5 nitrogen and oxygen atoms in total. The number of amides is 2. The number of carbonyl (C=O) groups excluding carboxylic acids is 1. The Morgan fingerprint density at radius 3 is 1.77 bits per heavy atom. The molecule has 148 valence electrons. The SMILES string of the molecule is CN1CCN(p2oc3ccc4ccccc4c3c3c(ccc4ccccc43)o2)C1=O. The number of rotatable bonds is 1. The number of fused-ring (bicyclic) bond motifs is 7. The third-order valence-corrected chi connectivity index (χ3v) is 7.25. The quantitative estimate of drug-likeness (QED) is 0.310. The maximum atomic E-state index is 12.7. The van der Waals surface area contributed by atoms with Gasteiger partial charge < -0.3 is 13.3 Å². The second kappa shape index (κ2) is 6.54. The van der Waals surface area contributed by atoms with Crippen molar-refractivity contribution in [3.63, 3.8) is 0 Å². The van der Waals surface area contributed by atoms with Crippen molar-refractivity contribution in [3.05, 3.63) is 72.8 Å². The van der Waals surface area contributed by atoms with E-state index in [0.29, 0.717) is 13.1 Å². The highest BCUT2D eigenvalue weighted by Gasteiger charge is 2.30. The summed E-state index contributed by atoms with van der Waals surface area (Å²) in [5, 5.41) is 6.54. The van der Waals surface area contributed by atoms with E-state index in [4.69, 9.17) is 8.39 Å². The minimum atomic E-state index is -1.61. The highest BCUT2D eigenvalue weighted by Crippen LogP contribution is 2.42. The van der Waals surface area contributed by atoms with Crippen LogP contribution in [-0.2, 0) is 0 Å². The Labute approximate surface area is 173 Å². The van der Waals surface area contributed by atoms with Gasteiger partial charge in [0.2, 0.25) is 0 Å². The fourth-order valence-corrected chi connectivity index (χ4v) is 5.66. The molecular formula is C24H19N2O3P. The minimum Gasteiger partial charge on any atom is -0.404 e. The number of hydrogen-bond acceptors (Lipinski definition) is 3. The summed E-state index contributed by atoms with van der Waals surface area (Å²) in [7, 11) is 0.197. The van der Waals surface area contributed by atoms with Crippen LogP contribution in [0.5, 0.6) is 0 Å². The molecule has 4 aromatic carbocycles. The van der Waals surface area contributed by atoms with E-state index < -0.39 is 8.16 Å². The zero-order valence-corrected chi connectivity index (χ0v) is 17.3. The highest BCUT2D eigenvalue weighted by molar-refractivity contribution is 7.40. The molecule has 1 saturated heterocycles. The predicted octanol–water partition coefficient (Wildman–Crippen LogP) is 6.60. The van der Waals surface area contributed by atoms with Crippen LogP contribution in [0.3, 0.4) is 0 Å². The molecule has 1 fully saturated rings. The lowest BCUT2D eigenvalue weighted by Gasteiger charge is -2.11. The first-order valence-electron chi connectivity index (χ1n) is 9.93. The van der Waals surface area contributed by atoms with E-state index >= 15 is 0 Å². The van der Waals surface area contributed by atoms with Gasteiger partial charge in [-0.25, -0.2) is 9.46 Å². The number of benzene rings is 4. The van der Waals surface area contributed by atoms with E-state index in [0.717, 1.165) is 43.5 Å². The first kappa shape index (κ1) is 17.4. The molecule has 0 unspecified atom stereocenters. The number of likely N-dealkylation sites (N-methyl/N-ethyl adjacent to an activating group) is 1. The maximum absolute atomic E-state index is 12.7. The summed E-state index contributed by atoms with van der Waals surface area (Å²) in [5.74, 6) is 0. The monoisotopic (exact) mass is 414 g/mol. The Balaban J connectivity index is 1.85. The average molecular weight is 414 g/mol. The van der Waals surface area contributed by atoms with Crippen LogP contribution in [0.25, 0.3) is 43.5 Å². The molecule has 6 rings (SSSR count). The van der Waals surface area contributed by atoms with Crippen molar-refractivity contribution in [2.75, 3.05) is 24.8 Å². The first-order chi connectivity index (χ1) is 14.7. The van der Waals surface area contributed by atoms with E-state index in [9.17, 15) is 4.79 Å². The molecule has 1 aromatic heterocycles. The van der Waals surface area contributed by atoms with Crippen LogP contribution in [0, 0.1) is 0 Å². The molecule has 5 aromatic rings. The summed E-state index contributed by atoms with van der Waals surface area (Å²) in [6.45, 7) is 1.26. The van der Waals surface area contributed by atoms with Gasteiger partial charge in [-0.3, -0.25) is 0 Å². The molecule has 2 heterocycles. The van der Waals surface area contributed by atoms with Gasteiger partial charge in [-0.1, -0.05) is 60.7 Å². The molecule has 0 spiro atoms. The molecule has 0 aliphatic carbocycles. The lowest BCUT2D eigenvalue weighted by atomic mass is 9.99. The van der Waals surface area contributed by atoms with Gasteiger partial charge in [0.05, 0.1) is 6.54 Å². The topological polar surface area (TPSA) is 49.8 Å². The van der Waals surface area contributed by atoms with E-state index in [2.05, 4.69) is 36.4 Å². The van der Waals surface area contributed by atoms with Gasteiger partial charge >= 0.3 is 14.2 Å². The Morgan fingerprint density at radius 2 is 1.27 bits per heavy atom. The van der Waals surface area contributed by atoms with Gasteiger partial charge in [-0.2, -0.15) is 0 Å². The molecule has 2 amide bonds. The van der Waals surface area contributed by atoms with Crippen molar-refractivity contribution in [2.24, 2.45) is 0 Å². The zero-order valence-electron chi connectivity index (χ0n) is 16.4. The highest BCUT2D eigenvalue weighted by atomic mass is 31.1. The molecular weight excluding hydrogens is 395 g/mol. The van der Waals surface area contributed by atoms with E-state index in [1.165, 1.54) is 0 Å². The van der Waals surface area contributed by atoms with E-state index in [1.54, 1.807) is 16.6 Å². The van der Waals surface area contributed by atoms with Gasteiger partial charge in [-0.05, 0) is 33.7 Å². The molecule has 1 aliphatic heterocycles. The van der Waals surface area contributed by atoms with Crippen molar-refractivity contribution >= 4 is 57.7 Å². The molecule has 0 atom stereocenters. The number of hydrogen-bond donors (Lipinski definition) is 0. The summed E-state index contributed by atoms with van der Waals surface area (Å²) in [6, 6.07) is 24.7. The van der Waals surface area contributed by atoms with Gasteiger partial charge in [0.25, 0.3) is 0 Å². The Kier molecular flexibility index (Phi) is 3.80. The van der Waals surface area contributed by atoms with E-state index in [1.807, 2.05) is 36.4 Å². The Morgan fingerprint density at radius 1 is 0.733 bits per heavy atom. The van der Waals surface area contributed by atoms with Gasteiger partial charge in [0, 0.05) is 24.4 Å². The van der Waals surface area contributed by atoms with Crippen LogP contribution < -0.4 is 4.67 Å². The summed E-state index contributed by atoms with van der Waals surface area (Å²) >= 11 is 0. The van der Waals surface area contributed by atoms with Crippen LogP contribution in [0.2, 0.25) is 0 Å². The van der Waals surface area contributed by atoms with Crippen molar-refractivity contribution in [1.29, 1.82) is 0 Å². The summed E-state index contributed by atoms with van der Waals surface area (Å²) in [4.78, 5) is 14.4. The number of urea groups is 1. The van der Waals surface area contributed by atoms with Crippen LogP contribution in [0.1, 0.15) is 0 Å². The van der Waals surface area contributed by atoms with Crippen molar-refractivity contribution < 1.29 is 13.2 Å². The lowest BCUT2D eigenvalue weighted by molar-refractivity contribution is 0.230. The second-order valence-electron chi connectivity index (χ2n) is 7.57. The van der Waals surface area contributed by atoms with Crippen molar-refractivity contribution in [1.82, 2.24) is 4.90 Å². The van der Waals surface area contributed by atoms with Gasteiger partial charge in [0.1, 0.15) is 11.2 Å². The largest absolute Gasteiger partial charge is 0.404 e. The molecule has 1 aliphatic rings. The molecule has 0 N–H and O–H groups in total. The maximum Gasteiger partial charge on any atom is 0.345 e. The van der Waals surface area contributed by atoms with Crippen LogP contribution in [-0.4, -0.2) is 31.1 Å². The van der Waals surface area contributed by atoms with Crippen molar-refractivity contribution in [3.8, 4) is 0 Å². The third-order valence-electron chi connectivity index (χ3n) is 5.78. The normalized spacial score (nSPS) is 14.5. The third kappa shape index (κ3) is 2.52.